The molecular weight excluding hydrogens is 196 g/mol. The smallest absolute Gasteiger partial charge is 0.0992 e. The van der Waals surface area contributed by atoms with Gasteiger partial charge in [-0.2, -0.15) is 0 Å². The van der Waals surface area contributed by atoms with Gasteiger partial charge in [0, 0.05) is 18.0 Å². The highest BCUT2D eigenvalue weighted by molar-refractivity contribution is 7.99. The fraction of sp³-hybridized carbons (Fsp3) is 0.500. The van der Waals surface area contributed by atoms with E-state index in [2.05, 4.69) is 4.98 Å². The van der Waals surface area contributed by atoms with E-state index in [9.17, 15) is 0 Å². The van der Waals surface area contributed by atoms with Gasteiger partial charge in [-0.3, -0.25) is 0 Å². The number of rotatable bonds is 4. The van der Waals surface area contributed by atoms with E-state index in [-0.39, 0.29) is 11.9 Å². The Morgan fingerprint density at radius 1 is 1.64 bits per heavy atom. The van der Waals surface area contributed by atoms with E-state index in [0.717, 1.165) is 16.2 Å². The van der Waals surface area contributed by atoms with E-state index in [1.54, 1.807) is 18.0 Å². The number of aliphatic hydroxyl groups excluding tert-OH is 1. The van der Waals surface area contributed by atoms with Gasteiger partial charge in [0.1, 0.15) is 0 Å². The lowest BCUT2D eigenvalue weighted by Crippen LogP contribution is -2.04. The summed E-state index contributed by atoms with van der Waals surface area (Å²) in [6.45, 7) is 4.68. The number of hydrogen-bond donors (Lipinski definition) is 2. The van der Waals surface area contributed by atoms with E-state index in [1.165, 1.54) is 0 Å². The van der Waals surface area contributed by atoms with Crippen molar-refractivity contribution in [3.63, 3.8) is 0 Å². The minimum Gasteiger partial charge on any atom is -0.395 e. The van der Waals surface area contributed by atoms with Crippen LogP contribution in [0.15, 0.2) is 17.3 Å². The molecule has 0 amide bonds. The van der Waals surface area contributed by atoms with Gasteiger partial charge in [0.2, 0.25) is 0 Å². The minimum absolute atomic E-state index is 0.171. The van der Waals surface area contributed by atoms with Gasteiger partial charge in [0.15, 0.2) is 0 Å². The molecule has 0 aromatic carbocycles. The van der Waals surface area contributed by atoms with Crippen molar-refractivity contribution in [1.82, 2.24) is 4.98 Å². The molecular formula is C10H16N2OS. The topological polar surface area (TPSA) is 59.1 Å². The summed E-state index contributed by atoms with van der Waals surface area (Å²) in [6.07, 6.45) is 1.79. The third kappa shape index (κ3) is 2.97. The first-order valence-corrected chi connectivity index (χ1v) is 5.48. The van der Waals surface area contributed by atoms with E-state index < -0.39 is 0 Å². The minimum atomic E-state index is 0.171. The van der Waals surface area contributed by atoms with Crippen LogP contribution in [0.5, 0.6) is 0 Å². The van der Waals surface area contributed by atoms with Crippen LogP contribution in [0.4, 0.5) is 0 Å². The van der Waals surface area contributed by atoms with Crippen molar-refractivity contribution in [2.24, 2.45) is 5.73 Å². The lowest BCUT2D eigenvalue weighted by molar-refractivity contribution is 0.300. The molecule has 3 N–H and O–H groups in total. The Morgan fingerprint density at radius 3 is 2.86 bits per heavy atom. The van der Waals surface area contributed by atoms with Crippen molar-refractivity contribution in [2.45, 2.75) is 30.7 Å². The molecule has 0 bridgehead atoms. The average Bonchev–Trinajstić information content (AvgIpc) is 2.20. The second kappa shape index (κ2) is 5.34. The summed E-state index contributed by atoms with van der Waals surface area (Å²) in [6, 6.07) is 2.04. The van der Waals surface area contributed by atoms with Crippen LogP contribution in [0.2, 0.25) is 0 Å². The highest BCUT2D eigenvalue weighted by atomic mass is 32.2. The number of aliphatic hydroxyl groups is 1. The maximum Gasteiger partial charge on any atom is 0.0992 e. The molecule has 1 heterocycles. The van der Waals surface area contributed by atoms with E-state index in [4.69, 9.17) is 10.8 Å². The molecule has 0 aliphatic heterocycles. The summed E-state index contributed by atoms with van der Waals surface area (Å²) >= 11 is 1.59. The molecule has 0 radical (unpaired) electrons. The van der Waals surface area contributed by atoms with Crippen LogP contribution >= 0.6 is 11.8 Å². The number of hydrogen-bond acceptors (Lipinski definition) is 4. The molecule has 14 heavy (non-hydrogen) atoms. The predicted molar refractivity (Wildman–Crippen MR) is 59.3 cm³/mol. The van der Waals surface area contributed by atoms with Gasteiger partial charge in [0.25, 0.3) is 0 Å². The molecule has 4 heteroatoms. The third-order valence-electron chi connectivity index (χ3n) is 1.89. The molecule has 3 nitrogen and oxygen atoms in total. The molecule has 1 aromatic rings. The number of nitrogens with two attached hydrogens (primary N) is 1. The van der Waals surface area contributed by atoms with E-state index in [0.29, 0.717) is 6.54 Å². The molecule has 0 aliphatic carbocycles. The Bertz CT molecular complexity index is 304. The number of nitrogens with zero attached hydrogens (tertiary/aromatic N) is 1. The number of aryl methyl sites for hydroxylation is 1. The molecule has 78 valence electrons. The third-order valence-corrected chi connectivity index (χ3v) is 3.09. The highest BCUT2D eigenvalue weighted by Gasteiger charge is 2.06. The van der Waals surface area contributed by atoms with Crippen LogP contribution in [-0.2, 0) is 6.54 Å². The number of aromatic nitrogens is 1. The lowest BCUT2D eigenvalue weighted by atomic mass is 10.2. The van der Waals surface area contributed by atoms with E-state index in [1.807, 2.05) is 19.9 Å². The molecule has 0 fully saturated rings. The van der Waals surface area contributed by atoms with Crippen LogP contribution in [0, 0.1) is 6.92 Å². The van der Waals surface area contributed by atoms with Gasteiger partial charge in [0.05, 0.1) is 11.6 Å². The van der Waals surface area contributed by atoms with Crippen molar-refractivity contribution in [2.75, 3.05) is 6.61 Å². The quantitative estimate of drug-likeness (QED) is 0.739. The number of pyridine rings is 1. The van der Waals surface area contributed by atoms with Crippen LogP contribution in [0.3, 0.4) is 0 Å². The van der Waals surface area contributed by atoms with Gasteiger partial charge in [-0.05, 0) is 18.1 Å². The maximum atomic E-state index is 8.92. The molecule has 1 rings (SSSR count). The van der Waals surface area contributed by atoms with Gasteiger partial charge in [-0.25, -0.2) is 4.98 Å². The number of thioether (sulfide) groups is 1. The first-order valence-electron chi connectivity index (χ1n) is 4.60. The summed E-state index contributed by atoms with van der Waals surface area (Å²) in [5.74, 6) is 0. The van der Waals surface area contributed by atoms with Crippen molar-refractivity contribution in [3.8, 4) is 0 Å². The molecule has 1 unspecified atom stereocenters. The second-order valence-electron chi connectivity index (χ2n) is 3.28. The molecule has 0 saturated carbocycles. The van der Waals surface area contributed by atoms with Gasteiger partial charge < -0.3 is 10.8 Å². The zero-order valence-electron chi connectivity index (χ0n) is 8.53. The molecule has 1 aromatic heterocycles. The summed E-state index contributed by atoms with van der Waals surface area (Å²) in [7, 11) is 0. The van der Waals surface area contributed by atoms with Crippen molar-refractivity contribution >= 4 is 11.8 Å². The largest absolute Gasteiger partial charge is 0.395 e. The second-order valence-corrected chi connectivity index (χ2v) is 4.71. The summed E-state index contributed by atoms with van der Waals surface area (Å²) in [4.78, 5) is 4.31. The highest BCUT2D eigenvalue weighted by Crippen LogP contribution is 2.24. The first kappa shape index (κ1) is 11.5. The molecule has 1 atom stereocenters. The monoisotopic (exact) mass is 212 g/mol. The van der Waals surface area contributed by atoms with Crippen LogP contribution < -0.4 is 5.73 Å². The van der Waals surface area contributed by atoms with E-state index >= 15 is 0 Å². The van der Waals surface area contributed by atoms with Crippen LogP contribution in [-0.4, -0.2) is 21.9 Å². The zero-order chi connectivity index (χ0) is 10.6. The van der Waals surface area contributed by atoms with Gasteiger partial charge >= 0.3 is 0 Å². The van der Waals surface area contributed by atoms with Crippen molar-refractivity contribution < 1.29 is 5.11 Å². The summed E-state index contributed by atoms with van der Waals surface area (Å²) in [5, 5.41) is 10.1. The Morgan fingerprint density at radius 2 is 2.36 bits per heavy atom. The van der Waals surface area contributed by atoms with Crippen LogP contribution in [0.1, 0.15) is 18.1 Å². The van der Waals surface area contributed by atoms with Crippen molar-refractivity contribution in [3.05, 3.63) is 23.4 Å². The Hall–Kier alpha value is -0.580. The fourth-order valence-electron chi connectivity index (χ4n) is 1.08. The molecule has 0 spiro atoms. The summed E-state index contributed by atoms with van der Waals surface area (Å²) in [5.41, 5.74) is 7.68. The maximum absolute atomic E-state index is 8.92. The predicted octanol–water partition coefficient (Wildman–Crippen LogP) is 1.32. The Labute approximate surface area is 88.7 Å². The standard InChI is InChI=1S/C10H16N2OS/c1-7-3-9(4-11)5-12-10(7)14-8(2)6-13/h3,5,8,13H,4,6,11H2,1-2H3. The molecule has 0 saturated heterocycles. The van der Waals surface area contributed by atoms with Gasteiger partial charge in [-0.1, -0.05) is 13.0 Å². The zero-order valence-corrected chi connectivity index (χ0v) is 9.34. The van der Waals surface area contributed by atoms with Gasteiger partial charge in [-0.15, -0.1) is 11.8 Å². The molecule has 0 aliphatic rings. The fourth-order valence-corrected chi connectivity index (χ4v) is 1.90. The van der Waals surface area contributed by atoms with Crippen LogP contribution in [0.25, 0.3) is 0 Å². The SMILES string of the molecule is Cc1cc(CN)cnc1SC(C)CO. The van der Waals surface area contributed by atoms with Crippen molar-refractivity contribution in [1.29, 1.82) is 0 Å². The normalized spacial score (nSPS) is 12.9. The average molecular weight is 212 g/mol. The summed E-state index contributed by atoms with van der Waals surface area (Å²) < 4.78 is 0. The lowest BCUT2D eigenvalue weighted by Gasteiger charge is -2.09. The first-order chi connectivity index (χ1) is 6.67. The Kier molecular flexibility index (Phi) is 4.38. The Balaban J connectivity index is 2.78.